The average Bonchev–Trinajstić information content (AvgIpc) is 2.97. The van der Waals surface area contributed by atoms with Crippen LogP contribution in [0.15, 0.2) is 35.7 Å². The molecule has 0 fully saturated rings. The van der Waals surface area contributed by atoms with E-state index in [0.717, 1.165) is 0 Å². The second-order valence-electron chi connectivity index (χ2n) is 5.26. The lowest BCUT2D eigenvalue weighted by Gasteiger charge is -2.12. The van der Waals surface area contributed by atoms with E-state index in [2.05, 4.69) is 5.32 Å². The maximum absolute atomic E-state index is 12.8. The van der Waals surface area contributed by atoms with Gasteiger partial charge in [0, 0.05) is 29.0 Å². The summed E-state index contributed by atoms with van der Waals surface area (Å²) in [6.07, 6.45) is 0.113. The Morgan fingerprint density at radius 1 is 1.17 bits per heavy atom. The Balaban J connectivity index is 1.94. The quantitative estimate of drug-likeness (QED) is 0.823. The first-order valence-electron chi connectivity index (χ1n) is 7.06. The van der Waals surface area contributed by atoms with Gasteiger partial charge in [0.25, 0.3) is 5.91 Å². The molecule has 0 unspecified atom stereocenters. The molecule has 0 aliphatic carbocycles. The van der Waals surface area contributed by atoms with Gasteiger partial charge in [0.05, 0.1) is 4.88 Å². The fourth-order valence-electron chi connectivity index (χ4n) is 2.02. The Hall–Kier alpha value is -2.34. The molecule has 1 atom stereocenters. The number of hydrogen-bond acceptors (Lipinski definition) is 4. The summed E-state index contributed by atoms with van der Waals surface area (Å²) in [6.45, 7) is 3.16. The number of rotatable bonds is 6. The largest absolute Gasteiger partial charge is 0.348 e. The zero-order valence-electron chi connectivity index (χ0n) is 12.8. The summed E-state index contributed by atoms with van der Waals surface area (Å²) in [4.78, 5) is 35.8. The molecule has 120 valence electrons. The average molecular weight is 333 g/mol. The molecule has 0 saturated heterocycles. The lowest BCUT2D eigenvalue weighted by Crippen LogP contribution is -2.33. The molecular weight excluding hydrogens is 317 g/mol. The first-order chi connectivity index (χ1) is 10.9. The van der Waals surface area contributed by atoms with Crippen molar-refractivity contribution in [3.63, 3.8) is 0 Å². The van der Waals surface area contributed by atoms with Crippen molar-refractivity contribution in [3.05, 3.63) is 57.5 Å². The molecule has 0 spiro atoms. The van der Waals surface area contributed by atoms with Crippen LogP contribution in [0.25, 0.3) is 0 Å². The van der Waals surface area contributed by atoms with E-state index < -0.39 is 5.82 Å². The number of amides is 1. The molecule has 2 aromatic rings. The van der Waals surface area contributed by atoms with Crippen molar-refractivity contribution in [2.24, 2.45) is 0 Å². The number of nitrogens with one attached hydrogen (secondary N) is 1. The van der Waals surface area contributed by atoms with Gasteiger partial charge in [-0.3, -0.25) is 14.4 Å². The minimum Gasteiger partial charge on any atom is -0.348 e. The van der Waals surface area contributed by atoms with Gasteiger partial charge in [-0.2, -0.15) is 0 Å². The lowest BCUT2D eigenvalue weighted by atomic mass is 10.0. The number of Topliss-reactive ketones (excluding diaryl/α,β-unsaturated/α-hetero) is 2. The van der Waals surface area contributed by atoms with E-state index in [-0.39, 0.29) is 29.9 Å². The van der Waals surface area contributed by atoms with Crippen molar-refractivity contribution in [3.8, 4) is 0 Å². The van der Waals surface area contributed by atoms with Gasteiger partial charge in [0.2, 0.25) is 0 Å². The summed E-state index contributed by atoms with van der Waals surface area (Å²) in [5.74, 6) is -0.989. The van der Waals surface area contributed by atoms with Crippen LogP contribution in [-0.2, 0) is 0 Å². The van der Waals surface area contributed by atoms with Gasteiger partial charge in [0.15, 0.2) is 11.6 Å². The second kappa shape index (κ2) is 7.28. The first kappa shape index (κ1) is 17.0. The monoisotopic (exact) mass is 333 g/mol. The molecule has 0 aliphatic rings. The van der Waals surface area contributed by atoms with E-state index in [4.69, 9.17) is 0 Å². The molecular formula is C17H16FNO3S. The third-order valence-corrected chi connectivity index (χ3v) is 4.19. The predicted octanol–water partition coefficient (Wildman–Crippen LogP) is 3.48. The van der Waals surface area contributed by atoms with Crippen molar-refractivity contribution >= 4 is 28.8 Å². The van der Waals surface area contributed by atoms with Crippen LogP contribution in [0.3, 0.4) is 0 Å². The molecule has 4 nitrogen and oxygen atoms in total. The normalized spacial score (nSPS) is 11.8. The number of carbonyl (C=O) groups is 3. The summed E-state index contributed by atoms with van der Waals surface area (Å²) in [7, 11) is 0. The molecule has 2 rings (SSSR count). The minimum absolute atomic E-state index is 0.0974. The Labute approximate surface area is 137 Å². The molecule has 23 heavy (non-hydrogen) atoms. The predicted molar refractivity (Wildman–Crippen MR) is 86.6 cm³/mol. The van der Waals surface area contributed by atoms with Crippen LogP contribution >= 0.6 is 11.3 Å². The summed E-state index contributed by atoms with van der Waals surface area (Å²) in [5.41, 5.74) is 0.901. The van der Waals surface area contributed by atoms with Crippen LogP contribution in [0, 0.1) is 5.82 Å². The summed E-state index contributed by atoms with van der Waals surface area (Å²) in [5, 5.41) is 4.36. The van der Waals surface area contributed by atoms with Gasteiger partial charge in [-0.1, -0.05) is 0 Å². The molecule has 1 amide bonds. The van der Waals surface area contributed by atoms with Crippen LogP contribution in [0.4, 0.5) is 4.39 Å². The van der Waals surface area contributed by atoms with E-state index in [0.29, 0.717) is 16.0 Å². The van der Waals surface area contributed by atoms with Gasteiger partial charge >= 0.3 is 0 Å². The van der Waals surface area contributed by atoms with Crippen LogP contribution in [0.5, 0.6) is 0 Å². The van der Waals surface area contributed by atoms with Crippen LogP contribution in [0.1, 0.15) is 50.7 Å². The van der Waals surface area contributed by atoms with Gasteiger partial charge in [-0.15, -0.1) is 11.3 Å². The van der Waals surface area contributed by atoms with Gasteiger partial charge < -0.3 is 5.32 Å². The number of carbonyl (C=O) groups excluding carboxylic acids is 3. The van der Waals surface area contributed by atoms with Crippen LogP contribution in [0.2, 0.25) is 0 Å². The van der Waals surface area contributed by atoms with Crippen molar-refractivity contribution in [2.45, 2.75) is 26.3 Å². The number of halogens is 1. The number of ketones is 2. The van der Waals surface area contributed by atoms with Crippen molar-refractivity contribution < 1.29 is 18.8 Å². The maximum atomic E-state index is 12.8. The molecule has 1 aromatic heterocycles. The van der Waals surface area contributed by atoms with Crippen molar-refractivity contribution in [1.82, 2.24) is 5.32 Å². The van der Waals surface area contributed by atoms with E-state index >= 15 is 0 Å². The Kier molecular flexibility index (Phi) is 5.39. The zero-order chi connectivity index (χ0) is 17.0. The van der Waals surface area contributed by atoms with E-state index in [1.54, 1.807) is 12.3 Å². The standard InChI is InChI=1S/C17H16FNO3S/c1-10(7-15(21)12-3-5-14(18)6-4-12)19-17(22)16-8-13(9-23-16)11(2)20/h3-6,8-10H,7H2,1-2H3,(H,19,22)/t10-/m0/s1. The summed E-state index contributed by atoms with van der Waals surface area (Å²) in [6, 6.07) is 6.46. The van der Waals surface area contributed by atoms with Gasteiger partial charge in [-0.25, -0.2) is 4.39 Å². The fourth-order valence-corrected chi connectivity index (χ4v) is 2.87. The number of benzene rings is 1. The van der Waals surface area contributed by atoms with Gasteiger partial charge in [-0.05, 0) is 44.2 Å². The molecule has 1 heterocycles. The van der Waals surface area contributed by atoms with Gasteiger partial charge in [0.1, 0.15) is 5.82 Å². The third kappa shape index (κ3) is 4.56. The molecule has 0 radical (unpaired) electrons. The lowest BCUT2D eigenvalue weighted by molar-refractivity contribution is 0.0920. The molecule has 1 aromatic carbocycles. The smallest absolute Gasteiger partial charge is 0.261 e. The highest BCUT2D eigenvalue weighted by Crippen LogP contribution is 2.16. The highest BCUT2D eigenvalue weighted by Gasteiger charge is 2.16. The summed E-state index contributed by atoms with van der Waals surface area (Å²) < 4.78 is 12.8. The van der Waals surface area contributed by atoms with Crippen LogP contribution in [-0.4, -0.2) is 23.5 Å². The third-order valence-electron chi connectivity index (χ3n) is 3.27. The number of thiophene rings is 1. The first-order valence-corrected chi connectivity index (χ1v) is 7.94. The maximum Gasteiger partial charge on any atom is 0.261 e. The highest BCUT2D eigenvalue weighted by atomic mass is 32.1. The van der Waals surface area contributed by atoms with E-state index in [9.17, 15) is 18.8 Å². The van der Waals surface area contributed by atoms with Crippen molar-refractivity contribution in [2.75, 3.05) is 0 Å². The Bertz CT molecular complexity index is 737. The molecule has 0 bridgehead atoms. The Morgan fingerprint density at radius 2 is 1.83 bits per heavy atom. The minimum atomic E-state index is -0.401. The van der Waals surface area contributed by atoms with Crippen LogP contribution < -0.4 is 5.32 Å². The topological polar surface area (TPSA) is 63.2 Å². The van der Waals surface area contributed by atoms with Crippen molar-refractivity contribution in [1.29, 1.82) is 0 Å². The van der Waals surface area contributed by atoms with E-state index in [1.165, 1.54) is 48.6 Å². The molecule has 0 saturated carbocycles. The summed E-state index contributed by atoms with van der Waals surface area (Å²) >= 11 is 1.19. The van der Waals surface area contributed by atoms with E-state index in [1.807, 2.05) is 0 Å². The fraction of sp³-hybridized carbons (Fsp3) is 0.235. The second-order valence-corrected chi connectivity index (χ2v) is 6.18. The highest BCUT2D eigenvalue weighted by molar-refractivity contribution is 7.12. The molecule has 1 N–H and O–H groups in total. The SMILES string of the molecule is CC(=O)c1csc(C(=O)N[C@@H](C)CC(=O)c2ccc(F)cc2)c1. The number of hydrogen-bond donors (Lipinski definition) is 1. The zero-order valence-corrected chi connectivity index (χ0v) is 13.6. The molecule has 0 aliphatic heterocycles. The Morgan fingerprint density at radius 3 is 2.39 bits per heavy atom. The molecule has 6 heteroatoms.